The monoisotopic (exact) mass is 129 g/mol. The van der Waals surface area contributed by atoms with Gasteiger partial charge in [0.1, 0.15) is 0 Å². The number of hydrogen-bond acceptors (Lipinski definition) is 3. The van der Waals surface area contributed by atoms with E-state index < -0.39 is 0 Å². The summed E-state index contributed by atoms with van der Waals surface area (Å²) >= 11 is 0. The Balaban J connectivity index is 3.57. The van der Waals surface area contributed by atoms with Gasteiger partial charge in [-0.2, -0.15) is 0 Å². The lowest BCUT2D eigenvalue weighted by Crippen LogP contribution is -2.03. The predicted octanol–water partition coefficient (Wildman–Crippen LogP) is 0.235. The summed E-state index contributed by atoms with van der Waals surface area (Å²) in [4.78, 5) is 12.1. The van der Waals surface area contributed by atoms with Crippen molar-refractivity contribution in [1.82, 2.24) is 4.90 Å². The average Bonchev–Trinajstić information content (AvgIpc) is 1.83. The Hall–Kier alpha value is -0.990. The third kappa shape index (κ3) is 4.87. The minimum Gasteiger partial charge on any atom is -0.466 e. The first-order valence-electron chi connectivity index (χ1n) is 2.59. The molecule has 0 aromatic carbocycles. The summed E-state index contributed by atoms with van der Waals surface area (Å²) in [6.07, 6.45) is 2.99. The zero-order valence-corrected chi connectivity index (χ0v) is 5.92. The van der Waals surface area contributed by atoms with Gasteiger partial charge >= 0.3 is 5.97 Å². The maximum absolute atomic E-state index is 10.4. The molecule has 3 nitrogen and oxygen atoms in total. The Kier molecular flexibility index (Phi) is 3.51. The van der Waals surface area contributed by atoms with Gasteiger partial charge in [0.2, 0.25) is 0 Å². The molecule has 0 saturated carbocycles. The number of carbonyl (C=O) groups excluding carboxylic acids is 1. The van der Waals surface area contributed by atoms with Gasteiger partial charge in [0.15, 0.2) is 0 Å². The van der Waals surface area contributed by atoms with Crippen LogP contribution in [0, 0.1) is 0 Å². The van der Waals surface area contributed by atoms with Gasteiger partial charge in [-0.25, -0.2) is 4.79 Å². The van der Waals surface area contributed by atoms with Crippen LogP contribution >= 0.6 is 0 Å². The van der Waals surface area contributed by atoms with Gasteiger partial charge in [-0.1, -0.05) is 0 Å². The number of rotatable bonds is 2. The summed E-state index contributed by atoms with van der Waals surface area (Å²) in [5.41, 5.74) is 0. The number of nitrogens with zero attached hydrogens (tertiary/aromatic N) is 1. The topological polar surface area (TPSA) is 29.5 Å². The van der Waals surface area contributed by atoms with Crippen molar-refractivity contribution in [1.29, 1.82) is 0 Å². The van der Waals surface area contributed by atoms with E-state index in [1.807, 2.05) is 14.1 Å². The third-order valence-corrected chi connectivity index (χ3v) is 0.710. The van der Waals surface area contributed by atoms with Crippen molar-refractivity contribution in [2.75, 3.05) is 21.2 Å². The molecule has 0 aromatic heterocycles. The van der Waals surface area contributed by atoms with Gasteiger partial charge in [0.25, 0.3) is 0 Å². The fraction of sp³-hybridized carbons (Fsp3) is 0.500. The molecule has 0 N–H and O–H groups in total. The number of methoxy groups -OCH3 is 1. The van der Waals surface area contributed by atoms with Crippen LogP contribution < -0.4 is 0 Å². The summed E-state index contributed by atoms with van der Waals surface area (Å²) < 4.78 is 4.35. The lowest BCUT2D eigenvalue weighted by Gasteiger charge is -2.01. The second-order valence-electron chi connectivity index (χ2n) is 1.80. The predicted molar refractivity (Wildman–Crippen MR) is 34.8 cm³/mol. The Morgan fingerprint density at radius 2 is 2.11 bits per heavy atom. The molecular formula is C6H11NO2. The molecule has 9 heavy (non-hydrogen) atoms. The molecule has 0 spiro atoms. The highest BCUT2D eigenvalue weighted by Crippen LogP contribution is 1.79. The van der Waals surface area contributed by atoms with Crippen molar-refractivity contribution in [3.8, 4) is 0 Å². The van der Waals surface area contributed by atoms with Gasteiger partial charge in [0.05, 0.1) is 7.11 Å². The largest absolute Gasteiger partial charge is 0.466 e. The number of hydrogen-bond donors (Lipinski definition) is 0. The van der Waals surface area contributed by atoms with Gasteiger partial charge in [-0.3, -0.25) is 0 Å². The van der Waals surface area contributed by atoms with Crippen LogP contribution in [0.3, 0.4) is 0 Å². The van der Waals surface area contributed by atoms with Crippen LogP contribution in [0.25, 0.3) is 0 Å². The van der Waals surface area contributed by atoms with Crippen LogP contribution in [0.15, 0.2) is 12.3 Å². The number of esters is 1. The molecule has 0 aliphatic heterocycles. The summed E-state index contributed by atoms with van der Waals surface area (Å²) in [5, 5.41) is 0. The van der Waals surface area contributed by atoms with E-state index in [1.165, 1.54) is 13.2 Å². The second-order valence-corrected chi connectivity index (χ2v) is 1.80. The molecule has 0 rings (SSSR count). The zero-order chi connectivity index (χ0) is 7.28. The van der Waals surface area contributed by atoms with E-state index in [1.54, 1.807) is 11.1 Å². The summed E-state index contributed by atoms with van der Waals surface area (Å²) in [5.74, 6) is -0.330. The van der Waals surface area contributed by atoms with Crippen molar-refractivity contribution >= 4 is 5.97 Å². The minimum atomic E-state index is -0.330. The van der Waals surface area contributed by atoms with Crippen molar-refractivity contribution in [2.24, 2.45) is 0 Å². The van der Waals surface area contributed by atoms with Crippen LogP contribution in [-0.2, 0) is 9.53 Å². The standard InChI is InChI=1S/C6H11NO2/c1-7(2)5-4-6(8)9-3/h4-5H,1-3H3. The molecule has 0 aliphatic carbocycles. The number of carbonyl (C=O) groups is 1. The first kappa shape index (κ1) is 8.01. The van der Waals surface area contributed by atoms with Crippen LogP contribution in [0.5, 0.6) is 0 Å². The van der Waals surface area contributed by atoms with E-state index in [-0.39, 0.29) is 5.97 Å². The molecule has 0 atom stereocenters. The maximum Gasteiger partial charge on any atom is 0.331 e. The Morgan fingerprint density at radius 3 is 2.44 bits per heavy atom. The molecular weight excluding hydrogens is 118 g/mol. The van der Waals surface area contributed by atoms with E-state index in [0.29, 0.717) is 0 Å². The fourth-order valence-electron chi connectivity index (χ4n) is 0.278. The third-order valence-electron chi connectivity index (χ3n) is 0.710. The Morgan fingerprint density at radius 1 is 1.56 bits per heavy atom. The quantitative estimate of drug-likeness (QED) is 0.395. The highest BCUT2D eigenvalue weighted by atomic mass is 16.5. The van der Waals surface area contributed by atoms with Gasteiger partial charge in [0, 0.05) is 26.4 Å². The van der Waals surface area contributed by atoms with Crippen molar-refractivity contribution in [3.05, 3.63) is 12.3 Å². The molecule has 0 bridgehead atoms. The Bertz CT molecular complexity index is 118. The SMILES string of the molecule is COC(=O)C=CN(C)C. The van der Waals surface area contributed by atoms with Crippen LogP contribution in [-0.4, -0.2) is 32.1 Å². The van der Waals surface area contributed by atoms with Crippen molar-refractivity contribution in [3.63, 3.8) is 0 Å². The van der Waals surface area contributed by atoms with Crippen LogP contribution in [0.1, 0.15) is 0 Å². The molecule has 0 heterocycles. The molecule has 0 fully saturated rings. The van der Waals surface area contributed by atoms with Gasteiger partial charge in [-0.15, -0.1) is 0 Å². The average molecular weight is 129 g/mol. The summed E-state index contributed by atoms with van der Waals surface area (Å²) in [7, 11) is 5.02. The van der Waals surface area contributed by atoms with Gasteiger partial charge < -0.3 is 9.64 Å². The smallest absolute Gasteiger partial charge is 0.331 e. The lowest BCUT2D eigenvalue weighted by atomic mass is 10.6. The maximum atomic E-state index is 10.4. The fourth-order valence-corrected chi connectivity index (χ4v) is 0.278. The van der Waals surface area contributed by atoms with Crippen molar-refractivity contribution in [2.45, 2.75) is 0 Å². The molecule has 52 valence electrons. The first-order valence-corrected chi connectivity index (χ1v) is 2.59. The molecule has 3 heteroatoms. The van der Waals surface area contributed by atoms with Crippen LogP contribution in [0.2, 0.25) is 0 Å². The van der Waals surface area contributed by atoms with E-state index in [2.05, 4.69) is 4.74 Å². The van der Waals surface area contributed by atoms with E-state index in [9.17, 15) is 4.79 Å². The van der Waals surface area contributed by atoms with E-state index in [4.69, 9.17) is 0 Å². The van der Waals surface area contributed by atoms with Crippen LogP contribution in [0.4, 0.5) is 0 Å². The molecule has 0 amide bonds. The summed E-state index contributed by atoms with van der Waals surface area (Å²) in [6, 6.07) is 0. The first-order chi connectivity index (χ1) is 4.16. The molecule has 0 radical (unpaired) electrons. The second kappa shape index (κ2) is 3.95. The molecule has 0 unspecified atom stereocenters. The molecule has 0 saturated heterocycles. The molecule has 0 aromatic rings. The minimum absolute atomic E-state index is 0.330. The highest BCUT2D eigenvalue weighted by molar-refractivity contribution is 5.81. The normalized spacial score (nSPS) is 9.67. The molecule has 0 aliphatic rings. The van der Waals surface area contributed by atoms with Gasteiger partial charge in [-0.05, 0) is 0 Å². The van der Waals surface area contributed by atoms with E-state index >= 15 is 0 Å². The van der Waals surface area contributed by atoms with E-state index in [0.717, 1.165) is 0 Å². The Labute approximate surface area is 54.9 Å². The summed E-state index contributed by atoms with van der Waals surface area (Å²) in [6.45, 7) is 0. The van der Waals surface area contributed by atoms with Crippen molar-refractivity contribution < 1.29 is 9.53 Å². The lowest BCUT2D eigenvalue weighted by molar-refractivity contribution is -0.134. The highest BCUT2D eigenvalue weighted by Gasteiger charge is 1.88. The zero-order valence-electron chi connectivity index (χ0n) is 5.92. The number of ether oxygens (including phenoxy) is 1.